The minimum atomic E-state index is -1.23. The van der Waals surface area contributed by atoms with Crippen LogP contribution in [0.2, 0.25) is 0 Å². The average Bonchev–Trinajstić information content (AvgIpc) is 2.57. The number of urea groups is 1. The Balaban J connectivity index is 1.97. The largest absolute Gasteiger partial charge is 0.449 e. The number of nitrogens with two attached hydrogens (primary N) is 1. The molecule has 4 N–H and O–H groups in total. The van der Waals surface area contributed by atoms with E-state index in [4.69, 9.17) is 10.5 Å². The van der Waals surface area contributed by atoms with E-state index in [0.717, 1.165) is 12.1 Å². The lowest BCUT2D eigenvalue weighted by atomic mass is 10.2. The Kier molecular flexibility index (Phi) is 5.84. The number of anilines is 2. The van der Waals surface area contributed by atoms with Gasteiger partial charge >= 0.3 is 12.0 Å². The number of carbonyl (C=O) groups excluding carboxylic acids is 3. The summed E-state index contributed by atoms with van der Waals surface area (Å²) in [4.78, 5) is 34.7. The Bertz CT molecular complexity index is 840. The standard InChI is InChI=1S/C17H15F2N3O4/c1-9(15(23)22-14-7-4-11(18)8-13(14)19)26-16(24)10-2-5-12(6-3-10)21-17(20)25/h2-9H,1H3,(H,22,23)(H3,20,21,25)/t9-/m1/s1. The van der Waals surface area contributed by atoms with Crippen molar-refractivity contribution in [3.05, 3.63) is 59.7 Å². The molecule has 0 bridgehead atoms. The Morgan fingerprint density at radius 3 is 2.27 bits per heavy atom. The summed E-state index contributed by atoms with van der Waals surface area (Å²) in [6.07, 6.45) is -1.23. The maximum absolute atomic E-state index is 13.5. The molecule has 0 aliphatic rings. The molecular weight excluding hydrogens is 348 g/mol. The van der Waals surface area contributed by atoms with Gasteiger partial charge in [0.15, 0.2) is 6.10 Å². The number of hydrogen-bond acceptors (Lipinski definition) is 4. The summed E-state index contributed by atoms with van der Waals surface area (Å²) in [5.41, 5.74) is 5.25. The molecule has 2 aromatic carbocycles. The van der Waals surface area contributed by atoms with Gasteiger partial charge in [-0.25, -0.2) is 18.4 Å². The van der Waals surface area contributed by atoms with Gasteiger partial charge in [-0.05, 0) is 43.3 Å². The van der Waals surface area contributed by atoms with Gasteiger partial charge in [0.2, 0.25) is 0 Å². The van der Waals surface area contributed by atoms with Crippen LogP contribution in [-0.4, -0.2) is 24.0 Å². The first-order chi connectivity index (χ1) is 12.3. The van der Waals surface area contributed by atoms with E-state index in [1.54, 1.807) is 0 Å². The van der Waals surface area contributed by atoms with Crippen LogP contribution in [0.25, 0.3) is 0 Å². The molecular formula is C17H15F2N3O4. The zero-order valence-corrected chi connectivity index (χ0v) is 13.6. The van der Waals surface area contributed by atoms with Crippen LogP contribution in [0.5, 0.6) is 0 Å². The first-order valence-corrected chi connectivity index (χ1v) is 7.39. The van der Waals surface area contributed by atoms with Crippen molar-refractivity contribution in [1.29, 1.82) is 0 Å². The Labute approximate surface area is 147 Å². The first-order valence-electron chi connectivity index (χ1n) is 7.39. The molecule has 0 spiro atoms. The summed E-state index contributed by atoms with van der Waals surface area (Å²) in [5, 5.41) is 4.53. The third kappa shape index (κ3) is 5.00. The van der Waals surface area contributed by atoms with Crippen LogP contribution < -0.4 is 16.4 Å². The molecule has 7 nitrogen and oxygen atoms in total. The van der Waals surface area contributed by atoms with Crippen LogP contribution in [0.1, 0.15) is 17.3 Å². The molecule has 9 heteroatoms. The predicted molar refractivity (Wildman–Crippen MR) is 89.5 cm³/mol. The number of carbonyl (C=O) groups is 3. The number of esters is 1. The molecule has 0 heterocycles. The molecule has 0 saturated heterocycles. The van der Waals surface area contributed by atoms with Crippen molar-refractivity contribution < 1.29 is 27.9 Å². The van der Waals surface area contributed by atoms with E-state index in [9.17, 15) is 23.2 Å². The number of primary amides is 1. The lowest BCUT2D eigenvalue weighted by Gasteiger charge is -2.14. The van der Waals surface area contributed by atoms with Crippen LogP contribution >= 0.6 is 0 Å². The zero-order valence-electron chi connectivity index (χ0n) is 13.6. The van der Waals surface area contributed by atoms with E-state index in [1.165, 1.54) is 31.2 Å². The van der Waals surface area contributed by atoms with E-state index in [0.29, 0.717) is 11.8 Å². The van der Waals surface area contributed by atoms with Gasteiger partial charge < -0.3 is 21.1 Å². The highest BCUT2D eigenvalue weighted by atomic mass is 19.1. The van der Waals surface area contributed by atoms with Gasteiger partial charge in [-0.2, -0.15) is 0 Å². The zero-order chi connectivity index (χ0) is 19.3. The molecule has 1 atom stereocenters. The van der Waals surface area contributed by atoms with E-state index in [1.807, 2.05) is 0 Å². The summed E-state index contributed by atoms with van der Waals surface area (Å²) in [7, 11) is 0. The molecule has 26 heavy (non-hydrogen) atoms. The monoisotopic (exact) mass is 363 g/mol. The molecule has 136 valence electrons. The molecule has 2 aromatic rings. The van der Waals surface area contributed by atoms with Crippen LogP contribution in [0, 0.1) is 11.6 Å². The second-order valence-electron chi connectivity index (χ2n) is 5.23. The van der Waals surface area contributed by atoms with Gasteiger partial charge in [0.05, 0.1) is 11.3 Å². The fraction of sp³-hybridized carbons (Fsp3) is 0.118. The van der Waals surface area contributed by atoms with Crippen LogP contribution in [0.3, 0.4) is 0 Å². The third-order valence-electron chi connectivity index (χ3n) is 3.23. The van der Waals surface area contributed by atoms with Crippen LogP contribution in [0.15, 0.2) is 42.5 Å². The van der Waals surface area contributed by atoms with Gasteiger partial charge in [-0.3, -0.25) is 4.79 Å². The number of nitrogens with one attached hydrogen (secondary N) is 2. The van der Waals surface area contributed by atoms with Crippen LogP contribution in [-0.2, 0) is 9.53 Å². The minimum absolute atomic E-state index is 0.132. The lowest BCUT2D eigenvalue weighted by Crippen LogP contribution is -2.30. The average molecular weight is 363 g/mol. The molecule has 0 radical (unpaired) electrons. The van der Waals surface area contributed by atoms with Crippen molar-refractivity contribution in [2.45, 2.75) is 13.0 Å². The molecule has 3 amide bonds. The highest BCUT2D eigenvalue weighted by molar-refractivity contribution is 5.97. The van der Waals surface area contributed by atoms with Crippen LogP contribution in [0.4, 0.5) is 25.0 Å². The summed E-state index contributed by atoms with van der Waals surface area (Å²) in [6.45, 7) is 1.30. The van der Waals surface area contributed by atoms with Crippen molar-refractivity contribution >= 4 is 29.3 Å². The van der Waals surface area contributed by atoms with Crippen molar-refractivity contribution in [3.8, 4) is 0 Å². The fourth-order valence-corrected chi connectivity index (χ4v) is 1.94. The predicted octanol–water partition coefficient (Wildman–Crippen LogP) is 2.64. The maximum atomic E-state index is 13.5. The van der Waals surface area contributed by atoms with Crippen molar-refractivity contribution in [2.75, 3.05) is 10.6 Å². The number of rotatable bonds is 5. The SMILES string of the molecule is C[C@@H](OC(=O)c1ccc(NC(N)=O)cc1)C(=O)Nc1ccc(F)cc1F. The van der Waals surface area contributed by atoms with E-state index >= 15 is 0 Å². The molecule has 0 aliphatic heterocycles. The normalized spacial score (nSPS) is 11.3. The Hall–Kier alpha value is -3.49. The van der Waals surface area contributed by atoms with E-state index < -0.39 is 35.6 Å². The number of ether oxygens (including phenoxy) is 1. The van der Waals surface area contributed by atoms with Gasteiger partial charge in [0.25, 0.3) is 5.91 Å². The number of halogens is 2. The number of amides is 3. The smallest absolute Gasteiger partial charge is 0.338 e. The minimum Gasteiger partial charge on any atom is -0.449 e. The van der Waals surface area contributed by atoms with Crippen molar-refractivity contribution in [3.63, 3.8) is 0 Å². The summed E-state index contributed by atoms with van der Waals surface area (Å²) in [5.74, 6) is -3.31. The third-order valence-corrected chi connectivity index (χ3v) is 3.23. The second-order valence-corrected chi connectivity index (χ2v) is 5.23. The molecule has 0 aliphatic carbocycles. The quantitative estimate of drug-likeness (QED) is 0.709. The Morgan fingerprint density at radius 1 is 1.04 bits per heavy atom. The molecule has 2 rings (SSSR count). The van der Waals surface area contributed by atoms with Crippen molar-refractivity contribution in [2.24, 2.45) is 5.73 Å². The molecule has 0 saturated carbocycles. The molecule has 0 fully saturated rings. The fourth-order valence-electron chi connectivity index (χ4n) is 1.94. The summed E-state index contributed by atoms with van der Waals surface area (Å²) < 4.78 is 31.4. The number of hydrogen-bond donors (Lipinski definition) is 3. The number of benzene rings is 2. The van der Waals surface area contributed by atoms with E-state index in [2.05, 4.69) is 10.6 Å². The maximum Gasteiger partial charge on any atom is 0.338 e. The van der Waals surface area contributed by atoms with E-state index in [-0.39, 0.29) is 11.3 Å². The lowest BCUT2D eigenvalue weighted by molar-refractivity contribution is -0.123. The summed E-state index contributed by atoms with van der Waals surface area (Å²) >= 11 is 0. The Morgan fingerprint density at radius 2 is 1.69 bits per heavy atom. The van der Waals surface area contributed by atoms with Gasteiger partial charge in [0, 0.05) is 11.8 Å². The highest BCUT2D eigenvalue weighted by Crippen LogP contribution is 2.16. The topological polar surface area (TPSA) is 111 Å². The summed E-state index contributed by atoms with van der Waals surface area (Å²) in [6, 6.07) is 7.51. The van der Waals surface area contributed by atoms with Gasteiger partial charge in [-0.15, -0.1) is 0 Å². The van der Waals surface area contributed by atoms with Gasteiger partial charge in [0.1, 0.15) is 11.6 Å². The first kappa shape index (κ1) is 18.8. The van der Waals surface area contributed by atoms with Gasteiger partial charge in [-0.1, -0.05) is 0 Å². The second kappa shape index (κ2) is 8.06. The highest BCUT2D eigenvalue weighted by Gasteiger charge is 2.20. The molecule has 0 aromatic heterocycles. The van der Waals surface area contributed by atoms with Crippen molar-refractivity contribution in [1.82, 2.24) is 0 Å². The molecule has 0 unspecified atom stereocenters.